The lowest BCUT2D eigenvalue weighted by atomic mass is 10.0. The van der Waals surface area contributed by atoms with Gasteiger partial charge in [-0.25, -0.2) is 4.79 Å². The fourth-order valence-corrected chi connectivity index (χ4v) is 2.69. The van der Waals surface area contributed by atoms with E-state index in [9.17, 15) is 9.59 Å². The Hall–Kier alpha value is -3.50. The van der Waals surface area contributed by atoms with Crippen molar-refractivity contribution < 1.29 is 41.3 Å². The van der Waals surface area contributed by atoms with Crippen molar-refractivity contribution >= 4 is 22.8 Å². The van der Waals surface area contributed by atoms with E-state index < -0.39 is 23.7 Å². The summed E-state index contributed by atoms with van der Waals surface area (Å²) in [5.74, 6) is -0.982. The fraction of sp³-hybridized carbons (Fsp3) is 0.250. The summed E-state index contributed by atoms with van der Waals surface area (Å²) in [6.07, 6.45) is -0.814. The number of benzene rings is 3. The van der Waals surface area contributed by atoms with Gasteiger partial charge < -0.3 is 37.1 Å². The molecule has 1 atom stereocenters. The first-order valence-electron chi connectivity index (χ1n) is 9.44. The van der Waals surface area contributed by atoms with Crippen molar-refractivity contribution in [1.82, 2.24) is 5.32 Å². The van der Waals surface area contributed by atoms with Gasteiger partial charge in [0.15, 0.2) is 0 Å². The van der Waals surface area contributed by atoms with Crippen molar-refractivity contribution in [3.8, 4) is 0 Å². The van der Waals surface area contributed by atoms with Crippen LogP contribution in [0.25, 0.3) is 10.8 Å². The molecular formula is C24H35NO8. The maximum atomic E-state index is 11.7. The van der Waals surface area contributed by atoms with Gasteiger partial charge in [-0.2, -0.15) is 0 Å². The van der Waals surface area contributed by atoms with Crippen LogP contribution in [0.2, 0.25) is 0 Å². The minimum atomic E-state index is -0.982. The van der Waals surface area contributed by atoms with Crippen LogP contribution < -0.4 is 5.32 Å². The van der Waals surface area contributed by atoms with Crippen LogP contribution in [0.4, 0.5) is 4.79 Å². The lowest BCUT2D eigenvalue weighted by Gasteiger charge is -2.23. The SMILES string of the molecule is CC(C)(C)OC(=O)NC(CC(=O)O)c1ccccc1.O.O.O.O.c1ccc2ccccc2c1. The molecule has 0 aliphatic rings. The number of carboxylic acids is 1. The van der Waals surface area contributed by atoms with E-state index in [4.69, 9.17) is 9.84 Å². The number of amides is 1. The van der Waals surface area contributed by atoms with E-state index in [0.29, 0.717) is 0 Å². The van der Waals surface area contributed by atoms with E-state index in [1.54, 1.807) is 45.0 Å². The first kappa shape index (κ1) is 34.1. The highest BCUT2D eigenvalue weighted by Crippen LogP contribution is 2.18. The molecule has 10 N–H and O–H groups in total. The number of ether oxygens (including phenoxy) is 1. The second-order valence-corrected chi connectivity index (χ2v) is 7.55. The van der Waals surface area contributed by atoms with E-state index in [1.165, 1.54) is 10.8 Å². The molecule has 33 heavy (non-hydrogen) atoms. The van der Waals surface area contributed by atoms with Gasteiger partial charge in [0, 0.05) is 0 Å². The Morgan fingerprint density at radius 2 is 1.18 bits per heavy atom. The summed E-state index contributed by atoms with van der Waals surface area (Å²) >= 11 is 0. The van der Waals surface area contributed by atoms with E-state index in [1.807, 2.05) is 6.07 Å². The Labute approximate surface area is 193 Å². The summed E-state index contributed by atoms with van der Waals surface area (Å²) in [7, 11) is 0. The van der Waals surface area contributed by atoms with Crippen molar-refractivity contribution in [1.29, 1.82) is 0 Å². The number of carboxylic acid groups (broad SMARTS) is 1. The number of hydrogen-bond acceptors (Lipinski definition) is 3. The number of hydrogen-bond donors (Lipinski definition) is 2. The van der Waals surface area contributed by atoms with Crippen LogP contribution in [0.1, 0.15) is 38.8 Å². The lowest BCUT2D eigenvalue weighted by Crippen LogP contribution is -2.35. The van der Waals surface area contributed by atoms with E-state index in [0.717, 1.165) is 5.56 Å². The van der Waals surface area contributed by atoms with Gasteiger partial charge in [0.1, 0.15) is 5.60 Å². The van der Waals surface area contributed by atoms with Crippen LogP contribution in [0.3, 0.4) is 0 Å². The van der Waals surface area contributed by atoms with E-state index in [-0.39, 0.29) is 28.3 Å². The van der Waals surface area contributed by atoms with Crippen LogP contribution in [-0.4, -0.2) is 44.7 Å². The van der Waals surface area contributed by atoms with Crippen molar-refractivity contribution in [2.45, 2.75) is 38.8 Å². The average Bonchev–Trinajstić information content (AvgIpc) is 2.67. The van der Waals surface area contributed by atoms with Crippen molar-refractivity contribution in [3.05, 3.63) is 84.4 Å². The number of nitrogens with one attached hydrogen (secondary N) is 1. The molecule has 0 saturated heterocycles. The number of rotatable bonds is 4. The van der Waals surface area contributed by atoms with Gasteiger partial charge in [-0.05, 0) is 37.1 Å². The quantitative estimate of drug-likeness (QED) is 0.595. The molecule has 3 aromatic rings. The standard InChI is InChI=1S/C14H19NO4.C10H8.4H2O/c1-14(2,3)19-13(18)15-11(9-12(16)17)10-7-5-4-6-8-10;1-2-6-10-8-4-3-7-9(10)5-1;;;;/h4-8,11H,9H2,1-3H3,(H,15,18)(H,16,17);1-8H;4*1H2. The minimum Gasteiger partial charge on any atom is -0.481 e. The molecule has 3 rings (SSSR count). The zero-order valence-corrected chi connectivity index (χ0v) is 19.0. The fourth-order valence-electron chi connectivity index (χ4n) is 2.69. The van der Waals surface area contributed by atoms with Crippen LogP contribution in [-0.2, 0) is 9.53 Å². The summed E-state index contributed by atoms with van der Waals surface area (Å²) in [5.41, 5.74) is 0.116. The van der Waals surface area contributed by atoms with Gasteiger partial charge in [0.25, 0.3) is 0 Å². The Kier molecular flexibility index (Phi) is 16.7. The lowest BCUT2D eigenvalue weighted by molar-refractivity contribution is -0.137. The van der Waals surface area contributed by atoms with E-state index in [2.05, 4.69) is 53.8 Å². The van der Waals surface area contributed by atoms with Crippen molar-refractivity contribution in [2.75, 3.05) is 0 Å². The van der Waals surface area contributed by atoms with Crippen molar-refractivity contribution in [2.24, 2.45) is 0 Å². The van der Waals surface area contributed by atoms with Gasteiger partial charge in [0.05, 0.1) is 12.5 Å². The van der Waals surface area contributed by atoms with Crippen LogP contribution in [0.15, 0.2) is 78.9 Å². The number of carbonyl (C=O) groups is 2. The average molecular weight is 466 g/mol. The third-order valence-corrected chi connectivity index (χ3v) is 3.93. The largest absolute Gasteiger partial charge is 0.481 e. The third kappa shape index (κ3) is 12.8. The van der Waals surface area contributed by atoms with E-state index >= 15 is 0 Å². The molecule has 0 saturated carbocycles. The molecule has 0 fully saturated rings. The monoisotopic (exact) mass is 465 g/mol. The summed E-state index contributed by atoms with van der Waals surface area (Å²) in [6.45, 7) is 5.25. The normalized spacial score (nSPS) is 10.3. The predicted octanol–water partition coefficient (Wildman–Crippen LogP) is 2.27. The molecule has 1 amide bonds. The van der Waals surface area contributed by atoms with Crippen molar-refractivity contribution in [3.63, 3.8) is 0 Å². The van der Waals surface area contributed by atoms with Crippen LogP contribution in [0.5, 0.6) is 0 Å². The molecule has 0 spiro atoms. The molecule has 1 unspecified atom stereocenters. The summed E-state index contributed by atoms with van der Waals surface area (Å²) in [4.78, 5) is 22.6. The molecular weight excluding hydrogens is 430 g/mol. The van der Waals surface area contributed by atoms with Gasteiger partial charge in [-0.15, -0.1) is 0 Å². The third-order valence-electron chi connectivity index (χ3n) is 3.93. The van der Waals surface area contributed by atoms with Gasteiger partial charge in [0.2, 0.25) is 0 Å². The molecule has 0 bridgehead atoms. The Morgan fingerprint density at radius 3 is 1.55 bits per heavy atom. The molecule has 0 aliphatic heterocycles. The molecule has 0 aromatic heterocycles. The predicted molar refractivity (Wildman–Crippen MR) is 129 cm³/mol. The molecule has 0 radical (unpaired) electrons. The van der Waals surface area contributed by atoms with Crippen LogP contribution in [0, 0.1) is 0 Å². The molecule has 3 aromatic carbocycles. The maximum Gasteiger partial charge on any atom is 0.408 e. The van der Waals surface area contributed by atoms with Gasteiger partial charge in [-0.1, -0.05) is 78.9 Å². The molecule has 184 valence electrons. The number of alkyl carbamates (subject to hydrolysis) is 1. The molecule has 0 aliphatic carbocycles. The zero-order valence-electron chi connectivity index (χ0n) is 19.0. The highest BCUT2D eigenvalue weighted by molar-refractivity contribution is 5.82. The summed E-state index contributed by atoms with van der Waals surface area (Å²) < 4.78 is 5.13. The van der Waals surface area contributed by atoms with Gasteiger partial charge in [-0.3, -0.25) is 4.79 Å². The molecule has 0 heterocycles. The summed E-state index contributed by atoms with van der Waals surface area (Å²) in [5, 5.41) is 14.1. The highest BCUT2D eigenvalue weighted by Gasteiger charge is 2.22. The first-order valence-corrected chi connectivity index (χ1v) is 9.44. The first-order chi connectivity index (χ1) is 13.7. The van der Waals surface area contributed by atoms with Crippen LogP contribution >= 0.6 is 0 Å². The zero-order chi connectivity index (χ0) is 21.3. The topological polar surface area (TPSA) is 202 Å². The maximum absolute atomic E-state index is 11.7. The highest BCUT2D eigenvalue weighted by atomic mass is 16.6. The summed E-state index contributed by atoms with van der Waals surface area (Å²) in [6, 6.07) is 25.1. The minimum absolute atomic E-state index is 0. The molecule has 9 nitrogen and oxygen atoms in total. The smallest absolute Gasteiger partial charge is 0.408 e. The number of carbonyl (C=O) groups excluding carboxylic acids is 1. The Balaban J connectivity index is -0.000000551. The molecule has 9 heteroatoms. The Bertz CT molecular complexity index is 876. The second-order valence-electron chi connectivity index (χ2n) is 7.55. The number of fused-ring (bicyclic) bond motifs is 1. The second kappa shape index (κ2) is 16.2. The van der Waals surface area contributed by atoms with Gasteiger partial charge >= 0.3 is 12.1 Å². The Morgan fingerprint density at radius 1 is 0.788 bits per heavy atom. The number of aliphatic carboxylic acids is 1.